The largest absolute Gasteiger partial charge is 0.497 e. The number of carbonyl (C=O) groups excluding carboxylic acids is 1. The Morgan fingerprint density at radius 3 is 2.56 bits per heavy atom. The predicted octanol–water partition coefficient (Wildman–Crippen LogP) is 3.48. The predicted molar refractivity (Wildman–Crippen MR) is 149 cm³/mol. The Hall–Kier alpha value is -2.11. The summed E-state index contributed by atoms with van der Waals surface area (Å²) >= 11 is 17.5. The van der Waals surface area contributed by atoms with E-state index in [1.54, 1.807) is 37.4 Å². The number of rotatable bonds is 10. The third-order valence-corrected chi connectivity index (χ3v) is 7.69. The second-order valence-corrected chi connectivity index (χ2v) is 12.3. The Bertz CT molecular complexity index is 1180. The standard InChI is InChI=1S/C24H30Cl2N4O4S2/c1-34-19-6-4-17(5-7-19)28-24(35)29-22(10-12-36(2,32)33)23(31)27-18-9-11-30(15-18)14-16-3-8-20(25)21(26)13-16/h3-8,13,18,22H,9-12,14-15H2,1-2H3,(H,27,31)(H2,28,29,35)/t18-,22+/m1/s1. The van der Waals surface area contributed by atoms with Crippen LogP contribution in [0.1, 0.15) is 18.4 Å². The molecule has 2 aromatic rings. The maximum absolute atomic E-state index is 13.1. The van der Waals surface area contributed by atoms with E-state index in [2.05, 4.69) is 20.9 Å². The van der Waals surface area contributed by atoms with E-state index in [-0.39, 0.29) is 29.2 Å². The fourth-order valence-electron chi connectivity index (χ4n) is 3.89. The van der Waals surface area contributed by atoms with Crippen LogP contribution >= 0.6 is 35.4 Å². The summed E-state index contributed by atoms with van der Waals surface area (Å²) in [5.74, 6) is 0.269. The molecule has 1 fully saturated rings. The van der Waals surface area contributed by atoms with E-state index < -0.39 is 15.9 Å². The molecular formula is C24H30Cl2N4O4S2. The minimum Gasteiger partial charge on any atom is -0.497 e. The smallest absolute Gasteiger partial charge is 0.242 e. The first-order valence-electron chi connectivity index (χ1n) is 11.4. The molecule has 0 radical (unpaired) electrons. The Morgan fingerprint density at radius 1 is 1.19 bits per heavy atom. The van der Waals surface area contributed by atoms with Crippen molar-refractivity contribution >= 4 is 62.0 Å². The lowest BCUT2D eigenvalue weighted by Gasteiger charge is -2.23. The van der Waals surface area contributed by atoms with Crippen LogP contribution < -0.4 is 20.7 Å². The summed E-state index contributed by atoms with van der Waals surface area (Å²) < 4.78 is 28.7. The zero-order valence-electron chi connectivity index (χ0n) is 20.1. The summed E-state index contributed by atoms with van der Waals surface area (Å²) in [4.78, 5) is 15.3. The number of carbonyl (C=O) groups is 1. The number of benzene rings is 2. The van der Waals surface area contributed by atoms with Crippen LogP contribution in [0.25, 0.3) is 0 Å². The maximum atomic E-state index is 13.1. The molecule has 2 aromatic carbocycles. The van der Waals surface area contributed by atoms with Gasteiger partial charge in [0.2, 0.25) is 5.91 Å². The summed E-state index contributed by atoms with van der Waals surface area (Å²) in [6.45, 7) is 2.16. The minimum atomic E-state index is -3.26. The molecule has 1 aliphatic heterocycles. The lowest BCUT2D eigenvalue weighted by atomic mass is 10.2. The van der Waals surface area contributed by atoms with E-state index in [9.17, 15) is 13.2 Å². The van der Waals surface area contributed by atoms with Gasteiger partial charge in [-0.2, -0.15) is 0 Å². The quantitative estimate of drug-likeness (QED) is 0.372. The number of methoxy groups -OCH3 is 1. The van der Waals surface area contributed by atoms with Gasteiger partial charge in [0, 0.05) is 37.6 Å². The maximum Gasteiger partial charge on any atom is 0.242 e. The van der Waals surface area contributed by atoms with Crippen LogP contribution in [-0.2, 0) is 21.2 Å². The van der Waals surface area contributed by atoms with E-state index in [0.717, 1.165) is 24.8 Å². The number of likely N-dealkylation sites (tertiary alicyclic amines) is 1. The summed E-state index contributed by atoms with van der Waals surface area (Å²) in [7, 11) is -1.68. The van der Waals surface area contributed by atoms with Crippen molar-refractivity contribution in [1.29, 1.82) is 0 Å². The first-order valence-corrected chi connectivity index (χ1v) is 14.6. The van der Waals surface area contributed by atoms with Crippen LogP contribution in [0.2, 0.25) is 10.0 Å². The van der Waals surface area contributed by atoms with Gasteiger partial charge in [-0.15, -0.1) is 0 Å². The number of halogens is 2. The van der Waals surface area contributed by atoms with Crippen molar-refractivity contribution in [2.24, 2.45) is 0 Å². The number of hydrogen-bond acceptors (Lipinski definition) is 6. The molecule has 3 rings (SSSR count). The van der Waals surface area contributed by atoms with Crippen LogP contribution in [0.5, 0.6) is 5.75 Å². The van der Waals surface area contributed by atoms with Gasteiger partial charge in [0.25, 0.3) is 0 Å². The Morgan fingerprint density at radius 2 is 1.92 bits per heavy atom. The van der Waals surface area contributed by atoms with Gasteiger partial charge < -0.3 is 20.7 Å². The van der Waals surface area contributed by atoms with E-state index >= 15 is 0 Å². The molecule has 0 spiro atoms. The van der Waals surface area contributed by atoms with Crippen LogP contribution in [0.15, 0.2) is 42.5 Å². The Kier molecular flexibility index (Phi) is 10.2. The van der Waals surface area contributed by atoms with Gasteiger partial charge >= 0.3 is 0 Å². The van der Waals surface area contributed by atoms with Crippen molar-refractivity contribution in [3.8, 4) is 5.75 Å². The van der Waals surface area contributed by atoms with Gasteiger partial charge in [-0.1, -0.05) is 29.3 Å². The molecule has 3 N–H and O–H groups in total. The third-order valence-electron chi connectivity index (χ3n) is 5.76. The molecule has 0 aromatic heterocycles. The zero-order valence-corrected chi connectivity index (χ0v) is 23.2. The van der Waals surface area contributed by atoms with E-state index in [4.69, 9.17) is 40.2 Å². The van der Waals surface area contributed by atoms with Crippen molar-refractivity contribution < 1.29 is 17.9 Å². The summed E-state index contributed by atoms with van der Waals surface area (Å²) in [6.07, 6.45) is 2.02. The van der Waals surface area contributed by atoms with Crippen molar-refractivity contribution in [2.75, 3.05) is 37.5 Å². The molecule has 1 heterocycles. The van der Waals surface area contributed by atoms with Gasteiger partial charge in [0.05, 0.1) is 22.9 Å². The summed E-state index contributed by atoms with van der Waals surface area (Å²) in [6, 6.07) is 11.8. The highest BCUT2D eigenvalue weighted by Gasteiger charge is 2.28. The number of nitrogens with zero attached hydrogens (tertiary/aromatic N) is 1. The molecule has 12 heteroatoms. The van der Waals surface area contributed by atoms with E-state index in [1.807, 2.05) is 12.1 Å². The summed E-state index contributed by atoms with van der Waals surface area (Å²) in [5, 5.41) is 10.3. The van der Waals surface area contributed by atoms with Crippen LogP contribution in [0, 0.1) is 0 Å². The molecule has 196 valence electrons. The molecule has 0 aliphatic carbocycles. The zero-order chi connectivity index (χ0) is 26.3. The topological polar surface area (TPSA) is 99.8 Å². The molecule has 1 saturated heterocycles. The average Bonchev–Trinajstić information content (AvgIpc) is 3.25. The third kappa shape index (κ3) is 9.08. The van der Waals surface area contributed by atoms with Gasteiger partial charge in [-0.25, -0.2) is 8.42 Å². The van der Waals surface area contributed by atoms with Gasteiger partial charge in [-0.3, -0.25) is 9.69 Å². The van der Waals surface area contributed by atoms with E-state index in [0.29, 0.717) is 34.6 Å². The Balaban J connectivity index is 1.57. The van der Waals surface area contributed by atoms with E-state index in [1.165, 1.54) is 0 Å². The average molecular weight is 574 g/mol. The second kappa shape index (κ2) is 12.9. The normalized spacial score (nSPS) is 16.8. The number of nitrogens with one attached hydrogen (secondary N) is 3. The second-order valence-electron chi connectivity index (χ2n) is 8.78. The van der Waals surface area contributed by atoms with Crippen LogP contribution in [0.3, 0.4) is 0 Å². The molecule has 36 heavy (non-hydrogen) atoms. The highest BCUT2D eigenvalue weighted by Crippen LogP contribution is 2.24. The number of amides is 1. The molecule has 8 nitrogen and oxygen atoms in total. The van der Waals surface area contributed by atoms with Crippen molar-refractivity contribution in [3.05, 3.63) is 58.1 Å². The van der Waals surface area contributed by atoms with Gasteiger partial charge in [0.15, 0.2) is 5.11 Å². The number of anilines is 1. The number of thiocarbonyl (C=S) groups is 1. The fourth-order valence-corrected chi connectivity index (χ4v) is 5.14. The number of sulfone groups is 1. The molecule has 0 unspecified atom stereocenters. The monoisotopic (exact) mass is 572 g/mol. The molecule has 0 bridgehead atoms. The molecule has 1 amide bonds. The minimum absolute atomic E-state index is 0.0640. The molecular weight excluding hydrogens is 543 g/mol. The van der Waals surface area contributed by atoms with Gasteiger partial charge in [-0.05, 0) is 67.0 Å². The van der Waals surface area contributed by atoms with Crippen molar-refractivity contribution in [2.45, 2.75) is 31.5 Å². The first-order chi connectivity index (χ1) is 17.0. The first kappa shape index (κ1) is 28.5. The summed E-state index contributed by atoms with van der Waals surface area (Å²) in [5.41, 5.74) is 1.75. The van der Waals surface area contributed by atoms with Crippen molar-refractivity contribution in [3.63, 3.8) is 0 Å². The lowest BCUT2D eigenvalue weighted by molar-refractivity contribution is -0.123. The molecule has 0 saturated carbocycles. The highest BCUT2D eigenvalue weighted by atomic mass is 35.5. The SMILES string of the molecule is COc1ccc(NC(=S)N[C@@H](CCS(C)(=O)=O)C(=O)N[C@@H]2CCN(Cc3ccc(Cl)c(Cl)c3)C2)cc1. The van der Waals surface area contributed by atoms with Crippen LogP contribution in [-0.4, -0.2) is 68.6 Å². The molecule has 1 aliphatic rings. The molecule has 2 atom stereocenters. The highest BCUT2D eigenvalue weighted by molar-refractivity contribution is 7.90. The Labute approximate surface area is 227 Å². The van der Waals surface area contributed by atoms with Crippen molar-refractivity contribution in [1.82, 2.24) is 15.5 Å². The van der Waals surface area contributed by atoms with Gasteiger partial charge in [0.1, 0.15) is 21.6 Å². The number of ether oxygens (including phenoxy) is 1. The fraction of sp³-hybridized carbons (Fsp3) is 0.417. The van der Waals surface area contributed by atoms with Crippen LogP contribution in [0.4, 0.5) is 5.69 Å². The number of hydrogen-bond donors (Lipinski definition) is 3. The lowest BCUT2D eigenvalue weighted by Crippen LogP contribution is -2.51.